The molecule has 86 valence electrons. The van der Waals surface area contributed by atoms with Crippen molar-refractivity contribution in [2.45, 2.75) is 31.8 Å². The van der Waals surface area contributed by atoms with Gasteiger partial charge in [-0.3, -0.25) is 4.79 Å². The number of halogens is 1. The van der Waals surface area contributed by atoms with Crippen molar-refractivity contribution in [3.63, 3.8) is 0 Å². The van der Waals surface area contributed by atoms with Gasteiger partial charge in [-0.15, -0.1) is 0 Å². The molecular weight excluding hydrogens is 207 g/mol. The smallest absolute Gasteiger partial charge is 0.251 e. The summed E-state index contributed by atoms with van der Waals surface area (Å²) in [7, 11) is 0. The van der Waals surface area contributed by atoms with E-state index in [0.717, 1.165) is 18.4 Å². The van der Waals surface area contributed by atoms with Gasteiger partial charge in [-0.05, 0) is 37.5 Å². The lowest BCUT2D eigenvalue weighted by atomic mass is 9.87. The Hall–Kier alpha value is -1.42. The SMILES string of the molecule is Cc1ccc(F)cc1C(=O)NC1CC(N)C1. The van der Waals surface area contributed by atoms with Crippen LogP contribution in [-0.4, -0.2) is 18.0 Å². The summed E-state index contributed by atoms with van der Waals surface area (Å²) in [5.41, 5.74) is 6.81. The molecule has 1 aliphatic rings. The number of carbonyl (C=O) groups is 1. The van der Waals surface area contributed by atoms with E-state index in [1.165, 1.54) is 12.1 Å². The number of aryl methyl sites for hydroxylation is 1. The molecule has 0 saturated heterocycles. The highest BCUT2D eigenvalue weighted by molar-refractivity contribution is 5.95. The van der Waals surface area contributed by atoms with Crippen molar-refractivity contribution >= 4 is 5.91 Å². The van der Waals surface area contributed by atoms with Gasteiger partial charge in [0.05, 0.1) is 0 Å². The quantitative estimate of drug-likeness (QED) is 0.793. The molecule has 0 aliphatic heterocycles. The summed E-state index contributed by atoms with van der Waals surface area (Å²) in [4.78, 5) is 11.8. The van der Waals surface area contributed by atoms with E-state index in [2.05, 4.69) is 5.32 Å². The third-order valence-corrected chi connectivity index (χ3v) is 2.95. The molecule has 1 fully saturated rings. The van der Waals surface area contributed by atoms with Crippen LogP contribution >= 0.6 is 0 Å². The first-order chi connectivity index (χ1) is 7.56. The van der Waals surface area contributed by atoms with Crippen molar-refractivity contribution in [3.8, 4) is 0 Å². The number of rotatable bonds is 2. The molecule has 0 bridgehead atoms. The highest BCUT2D eigenvalue weighted by atomic mass is 19.1. The molecule has 1 aromatic rings. The molecule has 0 spiro atoms. The maximum absolute atomic E-state index is 13.0. The fourth-order valence-electron chi connectivity index (χ4n) is 1.88. The summed E-state index contributed by atoms with van der Waals surface area (Å²) in [5, 5.41) is 2.85. The fourth-order valence-corrected chi connectivity index (χ4v) is 1.88. The minimum atomic E-state index is -0.388. The molecular formula is C12H15FN2O. The van der Waals surface area contributed by atoms with Crippen LogP contribution in [0, 0.1) is 12.7 Å². The van der Waals surface area contributed by atoms with Gasteiger partial charge in [0.15, 0.2) is 0 Å². The van der Waals surface area contributed by atoms with Gasteiger partial charge < -0.3 is 11.1 Å². The van der Waals surface area contributed by atoms with Crippen molar-refractivity contribution < 1.29 is 9.18 Å². The van der Waals surface area contributed by atoms with E-state index in [1.54, 1.807) is 13.0 Å². The van der Waals surface area contributed by atoms with E-state index >= 15 is 0 Å². The predicted molar refractivity (Wildman–Crippen MR) is 59.6 cm³/mol. The van der Waals surface area contributed by atoms with Crippen molar-refractivity contribution in [1.82, 2.24) is 5.32 Å². The highest BCUT2D eigenvalue weighted by Crippen LogP contribution is 2.18. The summed E-state index contributed by atoms with van der Waals surface area (Å²) >= 11 is 0. The number of nitrogens with two attached hydrogens (primary N) is 1. The Morgan fingerprint density at radius 1 is 1.50 bits per heavy atom. The molecule has 1 aliphatic carbocycles. The van der Waals surface area contributed by atoms with Gasteiger partial charge in [-0.2, -0.15) is 0 Å². The largest absolute Gasteiger partial charge is 0.349 e. The molecule has 0 aromatic heterocycles. The van der Waals surface area contributed by atoms with Crippen LogP contribution < -0.4 is 11.1 Å². The topological polar surface area (TPSA) is 55.1 Å². The summed E-state index contributed by atoms with van der Waals surface area (Å²) in [6, 6.07) is 4.56. The molecule has 1 saturated carbocycles. The second kappa shape index (κ2) is 4.22. The predicted octanol–water partition coefficient (Wildman–Crippen LogP) is 1.35. The first-order valence-corrected chi connectivity index (χ1v) is 5.39. The Morgan fingerprint density at radius 2 is 2.19 bits per heavy atom. The molecule has 1 amide bonds. The van der Waals surface area contributed by atoms with Crippen LogP contribution in [0.25, 0.3) is 0 Å². The number of hydrogen-bond acceptors (Lipinski definition) is 2. The summed E-state index contributed by atoms with van der Waals surface area (Å²) in [6.07, 6.45) is 1.61. The van der Waals surface area contributed by atoms with E-state index in [9.17, 15) is 9.18 Å². The van der Waals surface area contributed by atoms with E-state index in [4.69, 9.17) is 5.73 Å². The Morgan fingerprint density at radius 3 is 2.81 bits per heavy atom. The van der Waals surface area contributed by atoms with Crippen LogP contribution in [-0.2, 0) is 0 Å². The van der Waals surface area contributed by atoms with Crippen LogP contribution in [0.2, 0.25) is 0 Å². The third-order valence-electron chi connectivity index (χ3n) is 2.95. The van der Waals surface area contributed by atoms with Crippen molar-refractivity contribution in [2.24, 2.45) is 5.73 Å². The van der Waals surface area contributed by atoms with Crippen LogP contribution in [0.15, 0.2) is 18.2 Å². The molecule has 4 heteroatoms. The molecule has 0 atom stereocenters. The van der Waals surface area contributed by atoms with Gasteiger partial charge in [-0.25, -0.2) is 4.39 Å². The molecule has 2 rings (SSSR count). The number of amides is 1. The summed E-state index contributed by atoms with van der Waals surface area (Å²) in [6.45, 7) is 1.79. The van der Waals surface area contributed by atoms with Crippen LogP contribution in [0.5, 0.6) is 0 Å². The number of nitrogens with one attached hydrogen (secondary N) is 1. The normalized spacial score (nSPS) is 23.7. The first-order valence-electron chi connectivity index (χ1n) is 5.39. The maximum atomic E-state index is 13.0. The molecule has 3 N–H and O–H groups in total. The third kappa shape index (κ3) is 2.22. The van der Waals surface area contributed by atoms with Gasteiger partial charge in [0.1, 0.15) is 5.82 Å². The standard InChI is InChI=1S/C12H15FN2O/c1-7-2-3-8(13)4-11(7)12(16)15-10-5-9(14)6-10/h2-4,9-10H,5-6,14H2,1H3,(H,15,16). The second-order valence-electron chi connectivity index (χ2n) is 4.36. The van der Waals surface area contributed by atoms with E-state index < -0.39 is 0 Å². The minimum Gasteiger partial charge on any atom is -0.349 e. The average Bonchev–Trinajstić information content (AvgIpc) is 2.19. The highest BCUT2D eigenvalue weighted by Gasteiger charge is 2.27. The minimum absolute atomic E-state index is 0.144. The van der Waals surface area contributed by atoms with Crippen molar-refractivity contribution in [1.29, 1.82) is 0 Å². The van der Waals surface area contributed by atoms with E-state index in [-0.39, 0.29) is 23.8 Å². The molecule has 1 aromatic carbocycles. The van der Waals surface area contributed by atoms with E-state index in [1.807, 2.05) is 0 Å². The molecule has 0 radical (unpaired) electrons. The van der Waals surface area contributed by atoms with E-state index in [0.29, 0.717) is 5.56 Å². The molecule has 16 heavy (non-hydrogen) atoms. The maximum Gasteiger partial charge on any atom is 0.251 e. The number of hydrogen-bond donors (Lipinski definition) is 2. The first kappa shape index (κ1) is 11.1. The van der Waals surface area contributed by atoms with Crippen molar-refractivity contribution in [3.05, 3.63) is 35.1 Å². The number of carbonyl (C=O) groups excluding carboxylic acids is 1. The zero-order valence-electron chi connectivity index (χ0n) is 9.16. The van der Waals surface area contributed by atoms with Crippen molar-refractivity contribution in [2.75, 3.05) is 0 Å². The zero-order chi connectivity index (χ0) is 11.7. The van der Waals surface area contributed by atoms with Gasteiger partial charge in [-0.1, -0.05) is 6.07 Å². The molecule has 0 heterocycles. The second-order valence-corrected chi connectivity index (χ2v) is 4.36. The van der Waals surface area contributed by atoms with Crippen LogP contribution in [0.1, 0.15) is 28.8 Å². The van der Waals surface area contributed by atoms with Gasteiger partial charge in [0.25, 0.3) is 5.91 Å². The monoisotopic (exact) mass is 222 g/mol. The van der Waals surface area contributed by atoms with Crippen LogP contribution in [0.4, 0.5) is 4.39 Å². The lowest BCUT2D eigenvalue weighted by molar-refractivity contribution is 0.0909. The Bertz CT molecular complexity index is 413. The zero-order valence-corrected chi connectivity index (χ0v) is 9.16. The Kier molecular flexibility index (Phi) is 2.92. The summed E-state index contributed by atoms with van der Waals surface area (Å²) in [5.74, 6) is -0.602. The fraction of sp³-hybridized carbons (Fsp3) is 0.417. The van der Waals surface area contributed by atoms with Gasteiger partial charge in [0.2, 0.25) is 0 Å². The molecule has 0 unspecified atom stereocenters. The van der Waals surface area contributed by atoms with Gasteiger partial charge >= 0.3 is 0 Å². The summed E-state index contributed by atoms with van der Waals surface area (Å²) < 4.78 is 13.0. The van der Waals surface area contributed by atoms with Crippen LogP contribution in [0.3, 0.4) is 0 Å². The average molecular weight is 222 g/mol. The Balaban J connectivity index is 2.05. The lowest BCUT2D eigenvalue weighted by Gasteiger charge is -2.33. The Labute approximate surface area is 93.8 Å². The van der Waals surface area contributed by atoms with Gasteiger partial charge in [0, 0.05) is 17.6 Å². The molecule has 3 nitrogen and oxygen atoms in total. The number of benzene rings is 1. The lowest BCUT2D eigenvalue weighted by Crippen LogP contribution is -2.50.